The van der Waals surface area contributed by atoms with Crippen molar-refractivity contribution in [3.63, 3.8) is 0 Å². The number of hydrogen-bond acceptors (Lipinski definition) is 2. The van der Waals surface area contributed by atoms with Crippen LogP contribution in [0.4, 0.5) is 17.1 Å². The van der Waals surface area contributed by atoms with E-state index in [1.165, 1.54) is 76.3 Å². The third-order valence-corrected chi connectivity index (χ3v) is 12.2. The first-order valence-electron chi connectivity index (χ1n) is 20.6. The van der Waals surface area contributed by atoms with Gasteiger partial charge in [0.2, 0.25) is 0 Å². The summed E-state index contributed by atoms with van der Waals surface area (Å²) in [5.41, 5.74) is 12.3. The van der Waals surface area contributed by atoms with Crippen LogP contribution in [0.1, 0.15) is 0 Å². The lowest BCUT2D eigenvalue weighted by molar-refractivity contribution is 0.669. The van der Waals surface area contributed by atoms with Gasteiger partial charge in [0.1, 0.15) is 11.2 Å². The van der Waals surface area contributed by atoms with Crippen molar-refractivity contribution in [3.05, 3.63) is 224 Å². The molecule has 0 bridgehead atoms. The van der Waals surface area contributed by atoms with Crippen molar-refractivity contribution in [1.82, 2.24) is 0 Å². The van der Waals surface area contributed by atoms with E-state index < -0.39 is 0 Å². The van der Waals surface area contributed by atoms with E-state index in [4.69, 9.17) is 4.42 Å². The van der Waals surface area contributed by atoms with Crippen LogP contribution in [0.3, 0.4) is 0 Å². The number of fused-ring (bicyclic) bond motifs is 11. The van der Waals surface area contributed by atoms with Crippen molar-refractivity contribution in [3.8, 4) is 33.4 Å². The van der Waals surface area contributed by atoms with Gasteiger partial charge in [-0.3, -0.25) is 0 Å². The molecular weight excluding hydrogens is 727 g/mol. The normalized spacial score (nSPS) is 11.7. The molecule has 0 fully saturated rings. The number of nitrogens with zero attached hydrogens (tertiary/aromatic N) is 1. The average molecular weight is 764 g/mol. The summed E-state index contributed by atoms with van der Waals surface area (Å²) >= 11 is 0. The van der Waals surface area contributed by atoms with Crippen LogP contribution in [-0.2, 0) is 0 Å². The van der Waals surface area contributed by atoms with Gasteiger partial charge in [-0.25, -0.2) is 0 Å². The lowest BCUT2D eigenvalue weighted by Crippen LogP contribution is -2.10. The second kappa shape index (κ2) is 13.9. The van der Waals surface area contributed by atoms with Crippen LogP contribution in [-0.4, -0.2) is 0 Å². The van der Waals surface area contributed by atoms with E-state index in [9.17, 15) is 0 Å². The van der Waals surface area contributed by atoms with Gasteiger partial charge in [0.05, 0.1) is 5.69 Å². The topological polar surface area (TPSA) is 16.4 Å². The van der Waals surface area contributed by atoms with Gasteiger partial charge in [-0.2, -0.15) is 0 Å². The Morgan fingerprint density at radius 1 is 0.283 bits per heavy atom. The van der Waals surface area contributed by atoms with Gasteiger partial charge in [-0.05, 0) is 114 Å². The molecule has 2 nitrogen and oxygen atoms in total. The molecule has 0 aliphatic heterocycles. The molecule has 0 aliphatic carbocycles. The zero-order valence-corrected chi connectivity index (χ0v) is 32.7. The molecule has 0 amide bonds. The van der Waals surface area contributed by atoms with E-state index in [0.717, 1.165) is 39.2 Å². The summed E-state index contributed by atoms with van der Waals surface area (Å²) in [6.45, 7) is 0. The largest absolute Gasteiger partial charge is 0.456 e. The maximum absolute atomic E-state index is 6.39. The van der Waals surface area contributed by atoms with E-state index in [0.29, 0.717) is 0 Å². The number of para-hydroxylation sites is 1. The zero-order chi connectivity index (χ0) is 39.6. The highest BCUT2D eigenvalue weighted by Gasteiger charge is 2.20. The lowest BCUT2D eigenvalue weighted by Gasteiger charge is -2.27. The first-order valence-corrected chi connectivity index (χ1v) is 20.6. The van der Waals surface area contributed by atoms with Gasteiger partial charge in [0.25, 0.3) is 0 Å². The van der Waals surface area contributed by atoms with Crippen molar-refractivity contribution in [2.45, 2.75) is 0 Å². The molecule has 0 unspecified atom stereocenters. The molecule has 2 heteroatoms. The Morgan fingerprint density at radius 2 is 0.817 bits per heavy atom. The lowest BCUT2D eigenvalue weighted by atomic mass is 9.88. The van der Waals surface area contributed by atoms with E-state index >= 15 is 0 Å². The fourth-order valence-corrected chi connectivity index (χ4v) is 9.48. The molecule has 1 aromatic heterocycles. The van der Waals surface area contributed by atoms with Crippen LogP contribution < -0.4 is 4.90 Å². The summed E-state index contributed by atoms with van der Waals surface area (Å²) < 4.78 is 6.39. The Bertz CT molecular complexity index is 3550. The Morgan fingerprint density at radius 3 is 1.58 bits per heavy atom. The van der Waals surface area contributed by atoms with E-state index in [2.05, 4.69) is 223 Å². The monoisotopic (exact) mass is 763 g/mol. The van der Waals surface area contributed by atoms with Gasteiger partial charge < -0.3 is 9.32 Å². The van der Waals surface area contributed by atoms with Crippen LogP contribution in [0.5, 0.6) is 0 Å². The summed E-state index contributed by atoms with van der Waals surface area (Å²) in [6.07, 6.45) is 0. The molecule has 0 N–H and O–H groups in total. The maximum Gasteiger partial charge on any atom is 0.136 e. The number of rotatable bonds is 6. The Hall–Kier alpha value is -7.94. The minimum atomic E-state index is 0.914. The SMILES string of the molecule is c1ccc(-c2ccc(-c3ccc(N(c4cccc(-c5cccc6c7ccc8oc9ccccc9c8c7c7ccccc7c56)c4)c4cccc5ccccc45)cc3)cc2)cc1. The number of anilines is 3. The first kappa shape index (κ1) is 34.1. The fraction of sp³-hybridized carbons (Fsp3) is 0. The highest BCUT2D eigenvalue weighted by Crippen LogP contribution is 2.46. The number of benzene rings is 11. The van der Waals surface area contributed by atoms with Crippen molar-refractivity contribution < 1.29 is 4.42 Å². The van der Waals surface area contributed by atoms with Crippen LogP contribution in [0, 0.1) is 0 Å². The van der Waals surface area contributed by atoms with Crippen molar-refractivity contribution in [2.75, 3.05) is 4.90 Å². The van der Waals surface area contributed by atoms with Crippen LogP contribution in [0.2, 0.25) is 0 Å². The summed E-state index contributed by atoms with van der Waals surface area (Å²) in [5.74, 6) is 0. The molecule has 12 rings (SSSR count). The molecule has 12 aromatic rings. The molecule has 0 radical (unpaired) electrons. The van der Waals surface area contributed by atoms with E-state index in [-0.39, 0.29) is 0 Å². The zero-order valence-electron chi connectivity index (χ0n) is 32.7. The predicted octanol–water partition coefficient (Wildman–Crippen LogP) is 16.7. The highest BCUT2D eigenvalue weighted by molar-refractivity contribution is 6.36. The fourth-order valence-electron chi connectivity index (χ4n) is 9.48. The summed E-state index contributed by atoms with van der Waals surface area (Å²) in [4.78, 5) is 2.41. The molecule has 280 valence electrons. The predicted molar refractivity (Wildman–Crippen MR) is 255 cm³/mol. The van der Waals surface area contributed by atoms with Gasteiger partial charge in [-0.15, -0.1) is 0 Å². The second-order valence-corrected chi connectivity index (χ2v) is 15.6. The van der Waals surface area contributed by atoms with Gasteiger partial charge >= 0.3 is 0 Å². The Balaban J connectivity index is 1.02. The smallest absolute Gasteiger partial charge is 0.136 e. The van der Waals surface area contributed by atoms with Crippen molar-refractivity contribution >= 4 is 82.1 Å². The van der Waals surface area contributed by atoms with Crippen LogP contribution >= 0.6 is 0 Å². The Labute approximate surface area is 347 Å². The van der Waals surface area contributed by atoms with E-state index in [1.54, 1.807) is 0 Å². The minimum absolute atomic E-state index is 0.914. The molecule has 60 heavy (non-hydrogen) atoms. The van der Waals surface area contributed by atoms with Crippen molar-refractivity contribution in [2.24, 2.45) is 0 Å². The molecule has 0 saturated heterocycles. The van der Waals surface area contributed by atoms with Crippen LogP contribution in [0.15, 0.2) is 229 Å². The third kappa shape index (κ3) is 5.50. The molecular formula is C58H37NO. The summed E-state index contributed by atoms with van der Waals surface area (Å²) in [5, 5.41) is 12.1. The highest BCUT2D eigenvalue weighted by atomic mass is 16.3. The maximum atomic E-state index is 6.39. The standard InChI is InChI=1S/C58H37NO/c1-2-13-38(14-3-1)39-27-29-40(30-28-39)41-31-33-44(34-32-41)59(53-25-11-16-42-15-4-5-19-46(42)53)45-18-10-17-43(37-45)47-23-12-24-49-51-35-36-55-58(52-22-8-9-26-54(52)60-55)57(51)50-21-7-6-20-48(50)56(47)49/h1-37H. The summed E-state index contributed by atoms with van der Waals surface area (Å²) in [6, 6.07) is 81.2. The number of furan rings is 1. The molecule has 1 heterocycles. The minimum Gasteiger partial charge on any atom is -0.456 e. The molecule has 11 aromatic carbocycles. The molecule has 0 atom stereocenters. The second-order valence-electron chi connectivity index (χ2n) is 15.6. The van der Waals surface area contributed by atoms with Crippen LogP contribution in [0.25, 0.3) is 98.4 Å². The van der Waals surface area contributed by atoms with Crippen molar-refractivity contribution in [1.29, 1.82) is 0 Å². The molecule has 0 spiro atoms. The average Bonchev–Trinajstić information content (AvgIpc) is 3.71. The number of hydrogen-bond donors (Lipinski definition) is 0. The van der Waals surface area contributed by atoms with Gasteiger partial charge in [0.15, 0.2) is 0 Å². The van der Waals surface area contributed by atoms with Gasteiger partial charge in [-0.1, -0.05) is 176 Å². The summed E-state index contributed by atoms with van der Waals surface area (Å²) in [7, 11) is 0. The first-order chi connectivity index (χ1) is 29.8. The quantitative estimate of drug-likeness (QED) is 0.157. The Kier molecular flexibility index (Phi) is 7.89. The molecule has 0 aliphatic rings. The molecule has 0 saturated carbocycles. The van der Waals surface area contributed by atoms with E-state index in [1.807, 2.05) is 6.07 Å². The third-order valence-electron chi connectivity index (χ3n) is 12.2. The van der Waals surface area contributed by atoms with Gasteiger partial charge in [0, 0.05) is 32.9 Å².